The van der Waals surface area contributed by atoms with Gasteiger partial charge in [0.1, 0.15) is 11.2 Å². The maximum Gasteiger partial charge on any atom is 0.408 e. The SMILES string of the molecule is C1=CSCC1.CCOc1nc(C2(NC(=O)OC(C)(C)C)CCCCC2)ccc1C(N)=O. The number of nitrogens with zero attached hydrogens (tertiary/aromatic N) is 1. The summed E-state index contributed by atoms with van der Waals surface area (Å²) in [4.78, 5) is 28.6. The Hall–Kier alpha value is -2.22. The van der Waals surface area contributed by atoms with Crippen LogP contribution in [0.5, 0.6) is 5.88 Å². The van der Waals surface area contributed by atoms with Crippen LogP contribution in [-0.4, -0.2) is 34.9 Å². The van der Waals surface area contributed by atoms with Crippen molar-refractivity contribution in [1.29, 1.82) is 0 Å². The van der Waals surface area contributed by atoms with Crippen LogP contribution in [0.4, 0.5) is 4.79 Å². The molecule has 1 aliphatic heterocycles. The highest BCUT2D eigenvalue weighted by Gasteiger charge is 2.38. The third-order valence-electron chi connectivity index (χ3n) is 4.94. The molecule has 1 saturated carbocycles. The summed E-state index contributed by atoms with van der Waals surface area (Å²) in [5.41, 5.74) is 5.09. The van der Waals surface area contributed by atoms with Gasteiger partial charge in [0.2, 0.25) is 5.88 Å². The second kappa shape index (κ2) is 11.4. The molecule has 8 heteroatoms. The Bertz CT molecular complexity index is 778. The van der Waals surface area contributed by atoms with E-state index in [-0.39, 0.29) is 11.4 Å². The normalized spacial score (nSPS) is 17.3. The molecule has 2 amide bonds. The van der Waals surface area contributed by atoms with Gasteiger partial charge in [-0.05, 0) is 64.5 Å². The molecule has 0 aromatic carbocycles. The van der Waals surface area contributed by atoms with Crippen LogP contribution in [-0.2, 0) is 10.3 Å². The average molecular weight is 450 g/mol. The lowest BCUT2D eigenvalue weighted by molar-refractivity contribution is 0.0415. The van der Waals surface area contributed by atoms with E-state index in [0.717, 1.165) is 32.1 Å². The van der Waals surface area contributed by atoms with Crippen molar-refractivity contribution in [2.24, 2.45) is 5.73 Å². The monoisotopic (exact) mass is 449 g/mol. The van der Waals surface area contributed by atoms with Crippen molar-refractivity contribution in [3.05, 3.63) is 34.9 Å². The van der Waals surface area contributed by atoms with Crippen LogP contribution in [0.15, 0.2) is 23.6 Å². The Morgan fingerprint density at radius 2 is 1.94 bits per heavy atom. The second-order valence-corrected chi connectivity index (χ2v) is 9.66. The number of hydrogen-bond acceptors (Lipinski definition) is 6. The van der Waals surface area contributed by atoms with Crippen LogP contribution in [0.2, 0.25) is 0 Å². The number of nitrogens with one attached hydrogen (secondary N) is 1. The van der Waals surface area contributed by atoms with Gasteiger partial charge in [0.15, 0.2) is 0 Å². The van der Waals surface area contributed by atoms with E-state index in [9.17, 15) is 9.59 Å². The minimum absolute atomic E-state index is 0.202. The van der Waals surface area contributed by atoms with Crippen LogP contribution < -0.4 is 15.8 Å². The first kappa shape index (κ1) is 25.0. The smallest absolute Gasteiger partial charge is 0.408 e. The highest BCUT2D eigenvalue weighted by atomic mass is 32.2. The molecule has 172 valence electrons. The Kier molecular flexibility index (Phi) is 9.22. The topological polar surface area (TPSA) is 104 Å². The van der Waals surface area contributed by atoms with Crippen LogP contribution in [0.25, 0.3) is 0 Å². The van der Waals surface area contributed by atoms with Gasteiger partial charge in [-0.25, -0.2) is 9.78 Å². The first-order valence-electron chi connectivity index (χ1n) is 10.9. The zero-order valence-corrected chi connectivity index (χ0v) is 19.8. The van der Waals surface area contributed by atoms with Gasteiger partial charge in [-0.15, -0.1) is 11.8 Å². The molecule has 3 N–H and O–H groups in total. The standard InChI is InChI=1S/C19H29N3O4.C4H6S/c1-5-25-16-13(15(20)23)9-10-14(21-16)19(11-7-6-8-12-19)22-17(24)26-18(2,3)4;1-2-4-5-3-1/h9-10H,5-8,11-12H2,1-4H3,(H2,20,23)(H,22,24);1,3H,2,4H2. The Morgan fingerprint density at radius 3 is 2.42 bits per heavy atom. The molecule has 1 aromatic rings. The van der Waals surface area contributed by atoms with Crippen molar-refractivity contribution >= 4 is 23.8 Å². The van der Waals surface area contributed by atoms with E-state index in [4.69, 9.17) is 15.2 Å². The summed E-state index contributed by atoms with van der Waals surface area (Å²) in [6.07, 6.45) is 7.56. The van der Waals surface area contributed by atoms with Crippen molar-refractivity contribution in [1.82, 2.24) is 10.3 Å². The number of amides is 2. The van der Waals surface area contributed by atoms with Gasteiger partial charge in [-0.1, -0.05) is 25.3 Å². The van der Waals surface area contributed by atoms with Crippen LogP contribution in [0.1, 0.15) is 82.3 Å². The fourth-order valence-corrected chi connectivity index (χ4v) is 4.26. The third kappa shape index (κ3) is 7.76. The van der Waals surface area contributed by atoms with Crippen molar-refractivity contribution in [2.45, 2.75) is 77.4 Å². The number of allylic oxidation sites excluding steroid dienone is 1. The largest absolute Gasteiger partial charge is 0.477 e. The van der Waals surface area contributed by atoms with E-state index < -0.39 is 23.1 Å². The molecular weight excluding hydrogens is 414 g/mol. The van der Waals surface area contributed by atoms with Gasteiger partial charge >= 0.3 is 6.09 Å². The molecule has 2 heterocycles. The summed E-state index contributed by atoms with van der Waals surface area (Å²) in [7, 11) is 0. The first-order chi connectivity index (χ1) is 14.7. The molecule has 2 aliphatic rings. The molecule has 1 fully saturated rings. The molecule has 1 aliphatic carbocycles. The lowest BCUT2D eigenvalue weighted by atomic mass is 9.79. The fraction of sp³-hybridized carbons (Fsp3) is 0.609. The summed E-state index contributed by atoms with van der Waals surface area (Å²) in [6.45, 7) is 7.66. The Balaban J connectivity index is 0.000000597. The molecule has 0 bridgehead atoms. The summed E-state index contributed by atoms with van der Waals surface area (Å²) in [6, 6.07) is 3.36. The molecule has 0 spiro atoms. The van der Waals surface area contributed by atoms with Gasteiger partial charge in [-0.3, -0.25) is 4.79 Å². The van der Waals surface area contributed by atoms with Gasteiger partial charge in [0.05, 0.1) is 17.8 Å². The number of thioether (sulfide) groups is 1. The highest BCUT2D eigenvalue weighted by Crippen LogP contribution is 2.37. The lowest BCUT2D eigenvalue weighted by Gasteiger charge is -2.38. The Labute approximate surface area is 189 Å². The number of ether oxygens (including phenoxy) is 2. The summed E-state index contributed by atoms with van der Waals surface area (Å²) < 4.78 is 10.9. The predicted octanol–water partition coefficient (Wildman–Crippen LogP) is 4.90. The van der Waals surface area contributed by atoms with Crippen LogP contribution in [0.3, 0.4) is 0 Å². The number of carbonyl (C=O) groups is 2. The number of hydrogen-bond donors (Lipinski definition) is 2. The van der Waals surface area contributed by atoms with Gasteiger partial charge < -0.3 is 20.5 Å². The van der Waals surface area contributed by atoms with E-state index in [1.165, 1.54) is 12.2 Å². The predicted molar refractivity (Wildman–Crippen MR) is 124 cm³/mol. The van der Waals surface area contributed by atoms with Gasteiger partial charge in [0, 0.05) is 5.75 Å². The molecule has 0 radical (unpaired) electrons. The number of aromatic nitrogens is 1. The summed E-state index contributed by atoms with van der Waals surface area (Å²) >= 11 is 1.89. The van der Waals surface area contributed by atoms with E-state index in [2.05, 4.69) is 21.8 Å². The van der Waals surface area contributed by atoms with E-state index in [1.807, 2.05) is 39.5 Å². The van der Waals surface area contributed by atoms with E-state index >= 15 is 0 Å². The summed E-state index contributed by atoms with van der Waals surface area (Å²) in [5.74, 6) is 0.915. The average Bonchev–Trinajstić information content (AvgIpc) is 3.27. The third-order valence-corrected chi connectivity index (χ3v) is 5.80. The highest BCUT2D eigenvalue weighted by molar-refractivity contribution is 8.02. The van der Waals surface area contributed by atoms with E-state index in [0.29, 0.717) is 12.3 Å². The number of primary amides is 1. The fourth-order valence-electron chi connectivity index (χ4n) is 3.58. The number of alkyl carbamates (subject to hydrolysis) is 1. The Morgan fingerprint density at radius 1 is 1.23 bits per heavy atom. The number of pyridine rings is 1. The second-order valence-electron chi connectivity index (χ2n) is 8.65. The maximum absolute atomic E-state index is 12.4. The minimum Gasteiger partial charge on any atom is -0.477 e. The van der Waals surface area contributed by atoms with Crippen molar-refractivity contribution in [2.75, 3.05) is 12.4 Å². The molecule has 0 atom stereocenters. The molecule has 0 saturated heterocycles. The zero-order chi connectivity index (χ0) is 22.9. The minimum atomic E-state index is -0.636. The van der Waals surface area contributed by atoms with Gasteiger partial charge in [0.25, 0.3) is 5.91 Å². The lowest BCUT2D eigenvalue weighted by Crippen LogP contribution is -2.49. The zero-order valence-electron chi connectivity index (χ0n) is 19.0. The number of rotatable bonds is 5. The molecule has 7 nitrogen and oxygen atoms in total. The molecule has 3 rings (SSSR count). The molecular formula is C23H35N3O4S. The van der Waals surface area contributed by atoms with Crippen molar-refractivity contribution in [3.63, 3.8) is 0 Å². The van der Waals surface area contributed by atoms with Crippen molar-refractivity contribution < 1.29 is 19.1 Å². The quantitative estimate of drug-likeness (QED) is 0.663. The van der Waals surface area contributed by atoms with Crippen LogP contribution in [0, 0.1) is 0 Å². The van der Waals surface area contributed by atoms with Crippen LogP contribution >= 0.6 is 11.8 Å². The number of carbonyl (C=O) groups excluding carboxylic acids is 2. The first-order valence-corrected chi connectivity index (χ1v) is 11.9. The number of nitrogens with two attached hydrogens (primary N) is 1. The molecule has 31 heavy (non-hydrogen) atoms. The maximum atomic E-state index is 12.4. The molecule has 1 aromatic heterocycles. The van der Waals surface area contributed by atoms with Crippen molar-refractivity contribution in [3.8, 4) is 5.88 Å². The van der Waals surface area contributed by atoms with E-state index in [1.54, 1.807) is 12.1 Å². The summed E-state index contributed by atoms with van der Waals surface area (Å²) in [5, 5.41) is 5.18. The molecule has 0 unspecified atom stereocenters. The van der Waals surface area contributed by atoms with Gasteiger partial charge in [-0.2, -0.15) is 0 Å².